The highest BCUT2D eigenvalue weighted by Crippen LogP contribution is 2.19. The van der Waals surface area contributed by atoms with Gasteiger partial charge in [0.15, 0.2) is 12.4 Å². The number of carbonyl (C=O) groups is 1. The van der Waals surface area contributed by atoms with Crippen molar-refractivity contribution in [3.8, 4) is 17.3 Å². The highest BCUT2D eigenvalue weighted by atomic mass is 16.5. The average Bonchev–Trinajstić information content (AvgIpc) is 3.07. The number of carbonyl (C=O) groups excluding carboxylic acids is 1. The van der Waals surface area contributed by atoms with Crippen molar-refractivity contribution in [2.45, 2.75) is 26.7 Å². The van der Waals surface area contributed by atoms with E-state index in [4.69, 9.17) is 4.74 Å². The first kappa shape index (κ1) is 15.5. The van der Waals surface area contributed by atoms with Crippen molar-refractivity contribution in [1.29, 1.82) is 0 Å². The van der Waals surface area contributed by atoms with Crippen molar-refractivity contribution in [3.05, 3.63) is 41.6 Å². The number of amides is 1. The SMILES string of the molecule is Cc1ccc(-c2nc(C)cc(OCC(=O)N3CCCC3)n2)cc1. The fourth-order valence-corrected chi connectivity index (χ4v) is 2.64. The molecule has 5 heteroatoms. The van der Waals surface area contributed by atoms with Gasteiger partial charge in [0.05, 0.1) is 0 Å². The number of benzene rings is 1. The number of nitrogens with zero attached hydrogens (tertiary/aromatic N) is 3. The van der Waals surface area contributed by atoms with E-state index in [1.807, 2.05) is 43.0 Å². The Morgan fingerprint density at radius 2 is 1.83 bits per heavy atom. The van der Waals surface area contributed by atoms with Gasteiger partial charge < -0.3 is 9.64 Å². The molecule has 0 N–H and O–H groups in total. The molecule has 0 bridgehead atoms. The summed E-state index contributed by atoms with van der Waals surface area (Å²) >= 11 is 0. The molecule has 0 spiro atoms. The lowest BCUT2D eigenvalue weighted by Crippen LogP contribution is -2.32. The van der Waals surface area contributed by atoms with E-state index in [0.29, 0.717) is 11.7 Å². The number of hydrogen-bond donors (Lipinski definition) is 0. The lowest BCUT2D eigenvalue weighted by atomic mass is 10.1. The maximum Gasteiger partial charge on any atom is 0.260 e. The number of aromatic nitrogens is 2. The minimum Gasteiger partial charge on any atom is -0.467 e. The molecule has 1 saturated heterocycles. The van der Waals surface area contributed by atoms with Gasteiger partial charge in [0, 0.05) is 30.4 Å². The molecule has 0 aliphatic carbocycles. The summed E-state index contributed by atoms with van der Waals surface area (Å²) in [6.45, 7) is 5.64. The Morgan fingerprint density at radius 3 is 2.52 bits per heavy atom. The largest absolute Gasteiger partial charge is 0.467 e. The van der Waals surface area contributed by atoms with Crippen LogP contribution in [0.4, 0.5) is 0 Å². The Balaban J connectivity index is 1.72. The highest BCUT2D eigenvalue weighted by molar-refractivity contribution is 5.78. The van der Waals surface area contributed by atoms with Gasteiger partial charge in [-0.05, 0) is 26.7 Å². The average molecular weight is 311 g/mol. The Labute approximate surface area is 136 Å². The molecule has 1 aromatic heterocycles. The molecular formula is C18H21N3O2. The Kier molecular flexibility index (Phi) is 4.55. The molecule has 120 valence electrons. The van der Waals surface area contributed by atoms with Crippen LogP contribution in [0.1, 0.15) is 24.1 Å². The summed E-state index contributed by atoms with van der Waals surface area (Å²) in [6.07, 6.45) is 2.16. The molecule has 1 aliphatic heterocycles. The third-order valence-electron chi connectivity index (χ3n) is 3.94. The summed E-state index contributed by atoms with van der Waals surface area (Å²) in [5.41, 5.74) is 2.95. The van der Waals surface area contributed by atoms with Gasteiger partial charge in [0.1, 0.15) is 0 Å². The predicted octanol–water partition coefficient (Wildman–Crippen LogP) is 2.76. The number of ether oxygens (including phenoxy) is 1. The standard InChI is InChI=1S/C18H21N3O2/c1-13-5-7-15(8-6-13)18-19-14(2)11-16(20-18)23-12-17(22)21-9-3-4-10-21/h5-8,11H,3-4,9-10,12H2,1-2H3. The molecule has 0 saturated carbocycles. The van der Waals surface area contributed by atoms with Crippen molar-refractivity contribution in [3.63, 3.8) is 0 Å². The predicted molar refractivity (Wildman–Crippen MR) is 88.3 cm³/mol. The molecule has 0 radical (unpaired) electrons. The smallest absolute Gasteiger partial charge is 0.260 e. The summed E-state index contributed by atoms with van der Waals surface area (Å²) in [6, 6.07) is 9.79. The minimum atomic E-state index is 0.0238. The molecule has 23 heavy (non-hydrogen) atoms. The molecule has 2 aromatic rings. The zero-order valence-corrected chi connectivity index (χ0v) is 13.6. The second-order valence-electron chi connectivity index (χ2n) is 5.91. The Hall–Kier alpha value is -2.43. The van der Waals surface area contributed by atoms with Gasteiger partial charge in [-0.1, -0.05) is 29.8 Å². The summed E-state index contributed by atoms with van der Waals surface area (Å²) in [5.74, 6) is 1.09. The van der Waals surface area contributed by atoms with Crippen LogP contribution in [-0.2, 0) is 4.79 Å². The molecule has 1 aliphatic rings. The van der Waals surface area contributed by atoms with E-state index in [2.05, 4.69) is 9.97 Å². The van der Waals surface area contributed by atoms with E-state index in [1.54, 1.807) is 6.07 Å². The third kappa shape index (κ3) is 3.86. The molecule has 0 atom stereocenters. The van der Waals surface area contributed by atoms with E-state index in [1.165, 1.54) is 5.56 Å². The van der Waals surface area contributed by atoms with Gasteiger partial charge in [0.25, 0.3) is 5.91 Å². The van der Waals surface area contributed by atoms with E-state index >= 15 is 0 Å². The second-order valence-corrected chi connectivity index (χ2v) is 5.91. The quantitative estimate of drug-likeness (QED) is 0.871. The maximum absolute atomic E-state index is 12.1. The van der Waals surface area contributed by atoms with Crippen LogP contribution in [0, 0.1) is 13.8 Å². The van der Waals surface area contributed by atoms with Gasteiger partial charge in [-0.25, -0.2) is 4.98 Å². The van der Waals surface area contributed by atoms with E-state index in [0.717, 1.165) is 37.2 Å². The molecule has 1 fully saturated rings. The van der Waals surface area contributed by atoms with Crippen LogP contribution in [0.2, 0.25) is 0 Å². The first-order valence-corrected chi connectivity index (χ1v) is 7.95. The molecule has 5 nitrogen and oxygen atoms in total. The monoisotopic (exact) mass is 311 g/mol. The fraction of sp³-hybridized carbons (Fsp3) is 0.389. The first-order chi connectivity index (χ1) is 11.1. The zero-order valence-electron chi connectivity index (χ0n) is 13.6. The van der Waals surface area contributed by atoms with Crippen molar-refractivity contribution in [2.24, 2.45) is 0 Å². The van der Waals surface area contributed by atoms with Gasteiger partial charge >= 0.3 is 0 Å². The third-order valence-corrected chi connectivity index (χ3v) is 3.94. The van der Waals surface area contributed by atoms with Crippen LogP contribution < -0.4 is 4.74 Å². The number of likely N-dealkylation sites (tertiary alicyclic amines) is 1. The van der Waals surface area contributed by atoms with Crippen LogP contribution in [0.15, 0.2) is 30.3 Å². The summed E-state index contributed by atoms with van der Waals surface area (Å²) in [7, 11) is 0. The van der Waals surface area contributed by atoms with Crippen LogP contribution in [-0.4, -0.2) is 40.5 Å². The first-order valence-electron chi connectivity index (χ1n) is 7.95. The van der Waals surface area contributed by atoms with Crippen molar-refractivity contribution in [1.82, 2.24) is 14.9 Å². The number of hydrogen-bond acceptors (Lipinski definition) is 4. The van der Waals surface area contributed by atoms with Gasteiger partial charge in [-0.15, -0.1) is 0 Å². The summed E-state index contributed by atoms with van der Waals surface area (Å²) in [5, 5.41) is 0. The molecule has 1 aromatic carbocycles. The second kappa shape index (κ2) is 6.77. The van der Waals surface area contributed by atoms with Gasteiger partial charge in [0.2, 0.25) is 5.88 Å². The van der Waals surface area contributed by atoms with E-state index in [-0.39, 0.29) is 12.5 Å². The van der Waals surface area contributed by atoms with Crippen LogP contribution in [0.3, 0.4) is 0 Å². The topological polar surface area (TPSA) is 55.3 Å². The minimum absolute atomic E-state index is 0.0238. The van der Waals surface area contributed by atoms with Crippen molar-refractivity contribution in [2.75, 3.05) is 19.7 Å². The molecule has 3 rings (SSSR count). The summed E-state index contributed by atoms with van der Waals surface area (Å²) in [4.78, 5) is 22.8. The van der Waals surface area contributed by atoms with Crippen LogP contribution in [0.5, 0.6) is 5.88 Å². The lowest BCUT2D eigenvalue weighted by molar-refractivity contribution is -0.132. The lowest BCUT2D eigenvalue weighted by Gasteiger charge is -2.15. The Morgan fingerprint density at radius 1 is 1.13 bits per heavy atom. The van der Waals surface area contributed by atoms with Crippen LogP contribution >= 0.6 is 0 Å². The van der Waals surface area contributed by atoms with E-state index < -0.39 is 0 Å². The zero-order chi connectivity index (χ0) is 16.2. The van der Waals surface area contributed by atoms with Crippen LogP contribution in [0.25, 0.3) is 11.4 Å². The Bertz CT molecular complexity index is 692. The van der Waals surface area contributed by atoms with Crippen molar-refractivity contribution >= 4 is 5.91 Å². The molecule has 1 amide bonds. The number of rotatable bonds is 4. The van der Waals surface area contributed by atoms with Gasteiger partial charge in [-0.2, -0.15) is 4.98 Å². The van der Waals surface area contributed by atoms with Gasteiger partial charge in [-0.3, -0.25) is 4.79 Å². The fourth-order valence-electron chi connectivity index (χ4n) is 2.64. The molecular weight excluding hydrogens is 290 g/mol. The maximum atomic E-state index is 12.1. The number of aryl methyl sites for hydroxylation is 2. The molecule has 0 unspecified atom stereocenters. The normalized spacial score (nSPS) is 14.1. The summed E-state index contributed by atoms with van der Waals surface area (Å²) < 4.78 is 5.60. The van der Waals surface area contributed by atoms with Crippen molar-refractivity contribution < 1.29 is 9.53 Å². The van der Waals surface area contributed by atoms with E-state index in [9.17, 15) is 4.79 Å². The molecule has 2 heterocycles. The highest BCUT2D eigenvalue weighted by Gasteiger charge is 2.18.